The van der Waals surface area contributed by atoms with Crippen LogP contribution in [-0.4, -0.2) is 39.2 Å². The first kappa shape index (κ1) is 30.3. The van der Waals surface area contributed by atoms with E-state index in [0.29, 0.717) is 31.6 Å². The Balaban J connectivity index is 1.46. The molecule has 0 aliphatic carbocycles. The fourth-order valence-corrected chi connectivity index (χ4v) is 5.94. The average Bonchev–Trinajstić information content (AvgIpc) is 2.97. The van der Waals surface area contributed by atoms with Crippen LogP contribution in [0.5, 0.6) is 11.5 Å². The third-order valence-electron chi connectivity index (χ3n) is 5.57. The average molecular weight is 678 g/mol. The molecule has 3 aromatic carbocycles. The summed E-state index contributed by atoms with van der Waals surface area (Å²) in [6.45, 7) is -0.302. The second-order valence-corrected chi connectivity index (χ2v) is 11.9. The highest BCUT2D eigenvalue weighted by Gasteiger charge is 2.27. The Morgan fingerprint density at radius 2 is 1.85 bits per heavy atom. The molecule has 4 aromatic rings. The molecule has 41 heavy (non-hydrogen) atoms. The molecule has 1 aromatic heterocycles. The first-order valence-electron chi connectivity index (χ1n) is 11.9. The molecule has 13 heteroatoms. The van der Waals surface area contributed by atoms with Crippen LogP contribution in [0.4, 0.5) is 5.69 Å². The van der Waals surface area contributed by atoms with E-state index < -0.39 is 22.5 Å². The highest BCUT2D eigenvalue weighted by Crippen LogP contribution is 2.37. The molecule has 0 saturated heterocycles. The number of amides is 1. The maximum atomic E-state index is 13.3. The van der Waals surface area contributed by atoms with Crippen LogP contribution in [0.1, 0.15) is 11.1 Å². The van der Waals surface area contributed by atoms with Crippen LogP contribution >= 0.6 is 39.1 Å². The summed E-state index contributed by atoms with van der Waals surface area (Å²) in [5.74, 6) is 0.221. The number of carbonyl (C=O) groups is 1. The lowest BCUT2D eigenvalue weighted by atomic mass is 10.2. The summed E-state index contributed by atoms with van der Waals surface area (Å²) in [6, 6.07) is 19.6. The van der Waals surface area contributed by atoms with Gasteiger partial charge in [-0.05, 0) is 75.6 Å². The highest BCUT2D eigenvalue weighted by atomic mass is 79.9. The summed E-state index contributed by atoms with van der Waals surface area (Å²) >= 11 is 15.5. The van der Waals surface area contributed by atoms with E-state index in [0.717, 1.165) is 9.87 Å². The zero-order valence-corrected chi connectivity index (χ0v) is 25.4. The van der Waals surface area contributed by atoms with Crippen LogP contribution in [0.15, 0.2) is 99.7 Å². The van der Waals surface area contributed by atoms with Crippen molar-refractivity contribution in [3.8, 4) is 11.5 Å². The molecule has 0 atom stereocenters. The van der Waals surface area contributed by atoms with Crippen molar-refractivity contribution in [3.63, 3.8) is 0 Å². The molecular weight excluding hydrogens is 655 g/mol. The SMILES string of the molecule is COc1cc(/C=N\NC(=O)CN(c2cccnc2)S(=O)(=O)c2ccccc2)cc(Br)c1OCc1ccc(Cl)c(Cl)c1. The molecule has 0 bridgehead atoms. The molecule has 0 saturated carbocycles. The van der Waals surface area contributed by atoms with Gasteiger partial charge in [0.15, 0.2) is 11.5 Å². The number of aromatic nitrogens is 1. The van der Waals surface area contributed by atoms with Crippen LogP contribution in [-0.2, 0) is 21.4 Å². The quantitative estimate of drug-likeness (QED) is 0.152. The minimum Gasteiger partial charge on any atom is -0.493 e. The van der Waals surface area contributed by atoms with Crippen molar-refractivity contribution < 1.29 is 22.7 Å². The van der Waals surface area contributed by atoms with Gasteiger partial charge in [-0.15, -0.1) is 0 Å². The van der Waals surface area contributed by atoms with Crippen LogP contribution < -0.4 is 19.2 Å². The number of rotatable bonds is 11. The summed E-state index contributed by atoms with van der Waals surface area (Å²) in [6.07, 6.45) is 4.28. The lowest BCUT2D eigenvalue weighted by molar-refractivity contribution is -0.119. The van der Waals surface area contributed by atoms with E-state index in [9.17, 15) is 13.2 Å². The van der Waals surface area contributed by atoms with Crippen molar-refractivity contribution in [1.29, 1.82) is 0 Å². The smallest absolute Gasteiger partial charge is 0.264 e. The van der Waals surface area contributed by atoms with Crippen LogP contribution in [0.25, 0.3) is 0 Å². The molecule has 1 heterocycles. The number of hydrogen-bond acceptors (Lipinski definition) is 7. The van der Waals surface area contributed by atoms with Crippen molar-refractivity contribution in [2.24, 2.45) is 5.10 Å². The predicted octanol–water partition coefficient (Wildman–Crippen LogP) is 6.08. The third kappa shape index (κ3) is 7.76. The Bertz CT molecular complexity index is 1660. The number of sulfonamides is 1. The van der Waals surface area contributed by atoms with Gasteiger partial charge in [-0.25, -0.2) is 13.8 Å². The maximum Gasteiger partial charge on any atom is 0.264 e. The van der Waals surface area contributed by atoms with Crippen molar-refractivity contribution >= 4 is 67.0 Å². The molecular formula is C28H23BrCl2N4O5S. The highest BCUT2D eigenvalue weighted by molar-refractivity contribution is 9.10. The Morgan fingerprint density at radius 3 is 2.54 bits per heavy atom. The number of nitrogens with one attached hydrogen (secondary N) is 1. The summed E-state index contributed by atoms with van der Waals surface area (Å²) in [5.41, 5.74) is 4.01. The number of ether oxygens (including phenoxy) is 2. The normalized spacial score (nSPS) is 11.3. The van der Waals surface area contributed by atoms with E-state index in [1.807, 2.05) is 0 Å². The molecule has 212 valence electrons. The molecule has 0 fully saturated rings. The van der Waals surface area contributed by atoms with Crippen LogP contribution in [0.3, 0.4) is 0 Å². The second-order valence-electron chi connectivity index (χ2n) is 8.40. The zero-order valence-electron chi connectivity index (χ0n) is 21.5. The van der Waals surface area contributed by atoms with Gasteiger partial charge in [-0.3, -0.25) is 14.1 Å². The van der Waals surface area contributed by atoms with Gasteiger partial charge in [-0.1, -0.05) is 47.5 Å². The lowest BCUT2D eigenvalue weighted by Gasteiger charge is -2.23. The van der Waals surface area contributed by atoms with E-state index in [4.69, 9.17) is 32.7 Å². The van der Waals surface area contributed by atoms with Crippen molar-refractivity contribution in [3.05, 3.63) is 111 Å². The van der Waals surface area contributed by atoms with Gasteiger partial charge in [0, 0.05) is 6.20 Å². The Hall–Kier alpha value is -3.64. The first-order chi connectivity index (χ1) is 19.7. The molecule has 0 aliphatic heterocycles. The van der Waals surface area contributed by atoms with E-state index in [-0.39, 0.29) is 17.2 Å². The molecule has 0 unspecified atom stereocenters. The largest absolute Gasteiger partial charge is 0.493 e. The number of benzene rings is 3. The molecule has 4 rings (SSSR count). The van der Waals surface area contributed by atoms with E-state index in [1.54, 1.807) is 60.7 Å². The molecule has 0 aliphatic rings. The van der Waals surface area contributed by atoms with Gasteiger partial charge < -0.3 is 9.47 Å². The number of methoxy groups -OCH3 is 1. The number of anilines is 1. The molecule has 1 N–H and O–H groups in total. The topological polar surface area (TPSA) is 110 Å². The second kappa shape index (κ2) is 13.8. The van der Waals surface area contributed by atoms with Crippen LogP contribution in [0.2, 0.25) is 10.0 Å². The standard InChI is InChI=1S/C28H23BrCl2N4O5S/c1-39-26-14-20(12-23(29)28(26)40-18-19-9-10-24(30)25(31)13-19)15-33-34-27(36)17-35(21-6-5-11-32-16-21)41(37,38)22-7-3-2-4-8-22/h2-16H,17-18H2,1H3,(H,34,36)/b33-15-. The predicted molar refractivity (Wildman–Crippen MR) is 162 cm³/mol. The molecule has 9 nitrogen and oxygen atoms in total. The van der Waals surface area contributed by atoms with Crippen LogP contribution in [0, 0.1) is 0 Å². The number of hydrazone groups is 1. The van der Waals surface area contributed by atoms with Gasteiger partial charge in [0.25, 0.3) is 15.9 Å². The van der Waals surface area contributed by atoms with Gasteiger partial charge in [0.05, 0.1) is 44.6 Å². The Kier molecular flexibility index (Phi) is 10.2. The number of halogens is 3. The summed E-state index contributed by atoms with van der Waals surface area (Å²) in [5, 5.41) is 4.87. The molecule has 0 spiro atoms. The van der Waals surface area contributed by atoms with E-state index in [2.05, 4.69) is 31.4 Å². The number of carbonyl (C=O) groups excluding carboxylic acids is 1. The number of hydrogen-bond donors (Lipinski definition) is 1. The Labute approximate surface area is 255 Å². The zero-order chi connectivity index (χ0) is 29.4. The van der Waals surface area contributed by atoms with Crippen molar-refractivity contribution in [1.82, 2.24) is 10.4 Å². The van der Waals surface area contributed by atoms with E-state index in [1.165, 1.54) is 37.9 Å². The van der Waals surface area contributed by atoms with Crippen molar-refractivity contribution in [2.75, 3.05) is 18.0 Å². The third-order valence-corrected chi connectivity index (χ3v) is 8.69. The molecule has 1 amide bonds. The minimum absolute atomic E-state index is 0.0403. The number of nitrogens with zero attached hydrogens (tertiary/aromatic N) is 3. The maximum absolute atomic E-state index is 13.3. The minimum atomic E-state index is -4.05. The number of pyridine rings is 1. The van der Waals surface area contributed by atoms with Gasteiger partial charge in [-0.2, -0.15) is 5.10 Å². The fraction of sp³-hybridized carbons (Fsp3) is 0.107. The summed E-state index contributed by atoms with van der Waals surface area (Å²) in [7, 11) is -2.55. The Morgan fingerprint density at radius 1 is 1.07 bits per heavy atom. The molecule has 0 radical (unpaired) electrons. The summed E-state index contributed by atoms with van der Waals surface area (Å²) in [4.78, 5) is 16.8. The lowest BCUT2D eigenvalue weighted by Crippen LogP contribution is -2.39. The van der Waals surface area contributed by atoms with Gasteiger partial charge >= 0.3 is 0 Å². The fourth-order valence-electron chi connectivity index (χ4n) is 3.62. The summed E-state index contributed by atoms with van der Waals surface area (Å²) < 4.78 is 39.6. The van der Waals surface area contributed by atoms with Crippen molar-refractivity contribution in [2.45, 2.75) is 11.5 Å². The van der Waals surface area contributed by atoms with E-state index >= 15 is 0 Å². The van der Waals surface area contributed by atoms with Gasteiger partial charge in [0.1, 0.15) is 13.2 Å². The van der Waals surface area contributed by atoms with Gasteiger partial charge in [0.2, 0.25) is 0 Å². The monoisotopic (exact) mass is 676 g/mol. The first-order valence-corrected chi connectivity index (χ1v) is 14.9.